The second-order valence-electron chi connectivity index (χ2n) is 11.4. The molecule has 1 aromatic heterocycles. The lowest BCUT2D eigenvalue weighted by atomic mass is 10.0. The van der Waals surface area contributed by atoms with Crippen LogP contribution in [0.25, 0.3) is 21.7 Å². The molecule has 0 aliphatic heterocycles. The van der Waals surface area contributed by atoms with Crippen molar-refractivity contribution in [3.8, 4) is 0 Å². The van der Waals surface area contributed by atoms with E-state index in [1.165, 1.54) is 24.3 Å². The number of carbonyl (C=O) groups is 3. The average Bonchev–Trinajstić information content (AvgIpc) is 3.36. The zero-order valence-corrected chi connectivity index (χ0v) is 26.1. The van der Waals surface area contributed by atoms with Crippen molar-refractivity contribution in [1.82, 2.24) is 15.2 Å². The van der Waals surface area contributed by atoms with E-state index in [1.807, 2.05) is 42.5 Å². The summed E-state index contributed by atoms with van der Waals surface area (Å²) in [5.41, 5.74) is 1.95. The zero-order chi connectivity index (χ0) is 33.2. The Labute approximate surface area is 268 Å². The second kappa shape index (κ2) is 13.3. The van der Waals surface area contributed by atoms with Crippen molar-refractivity contribution < 1.29 is 27.6 Å². The molecule has 0 aliphatic carbocycles. The van der Waals surface area contributed by atoms with Crippen LogP contribution in [-0.4, -0.2) is 28.5 Å². The summed E-state index contributed by atoms with van der Waals surface area (Å²) in [7, 11) is 0. The first kappa shape index (κ1) is 32.6. The summed E-state index contributed by atoms with van der Waals surface area (Å²) in [5.74, 6) is -1.54. The van der Waals surface area contributed by atoms with E-state index < -0.39 is 30.6 Å². The minimum Gasteiger partial charge on any atom is -0.352 e. The van der Waals surface area contributed by atoms with Crippen LogP contribution >= 0.6 is 11.6 Å². The fourth-order valence-corrected chi connectivity index (χ4v) is 5.37. The fraction of sp³-hybridized carbons (Fsp3) is 0.229. The predicted octanol–water partition coefficient (Wildman–Crippen LogP) is 8.03. The lowest BCUT2D eigenvalue weighted by molar-refractivity contribution is -0.140. The van der Waals surface area contributed by atoms with E-state index in [0.29, 0.717) is 16.6 Å². The zero-order valence-electron chi connectivity index (χ0n) is 25.3. The van der Waals surface area contributed by atoms with Crippen molar-refractivity contribution in [2.45, 2.75) is 46.1 Å². The molecule has 0 fully saturated rings. The van der Waals surface area contributed by atoms with Crippen LogP contribution in [0.15, 0.2) is 84.9 Å². The van der Waals surface area contributed by atoms with E-state index in [4.69, 9.17) is 11.6 Å². The van der Waals surface area contributed by atoms with E-state index >= 15 is 0 Å². The Morgan fingerprint density at radius 2 is 1.57 bits per heavy atom. The number of alkyl halides is 3. The highest BCUT2D eigenvalue weighted by Gasteiger charge is 2.31. The highest BCUT2D eigenvalue weighted by molar-refractivity contribution is 6.34. The molecule has 0 bridgehead atoms. The standard InChI is InChI=1S/C35H32ClF3N4O3/c1-20(2)32(44)40-18-22-8-12-29(36)28(14-22)33(45)42-27-11-13-30-26(16-27)17-31(43(30)19-35(37,38)39)34(46)41-21(3)24-10-9-23-6-4-5-7-25(23)15-24/h4-17,20-21H,18-19H2,1-3H3,(H,40,44)(H,41,46)(H,42,45)/t21-/m0/s1. The molecule has 0 unspecified atom stereocenters. The Hall–Kier alpha value is -4.83. The molecular weight excluding hydrogens is 617 g/mol. The maximum absolute atomic E-state index is 13.7. The van der Waals surface area contributed by atoms with Gasteiger partial charge in [-0.25, -0.2) is 0 Å². The van der Waals surface area contributed by atoms with Crippen LogP contribution in [0.2, 0.25) is 5.02 Å². The number of nitrogens with zero attached hydrogens (tertiary/aromatic N) is 1. The number of benzene rings is 4. The first-order valence-corrected chi connectivity index (χ1v) is 15.0. The number of halogens is 4. The van der Waals surface area contributed by atoms with E-state index in [-0.39, 0.29) is 40.2 Å². The SMILES string of the molecule is CC(C)C(=O)NCc1ccc(Cl)c(C(=O)Nc2ccc3c(c2)cc(C(=O)N[C@@H](C)c2ccc4ccccc4c2)n3CC(F)(F)F)c1. The van der Waals surface area contributed by atoms with Crippen molar-refractivity contribution in [3.05, 3.63) is 112 Å². The summed E-state index contributed by atoms with van der Waals surface area (Å²) >= 11 is 6.30. The summed E-state index contributed by atoms with van der Waals surface area (Å²) in [6.45, 7) is 4.14. The van der Waals surface area contributed by atoms with Gasteiger partial charge in [0.25, 0.3) is 11.8 Å². The van der Waals surface area contributed by atoms with Crippen molar-refractivity contribution in [2.75, 3.05) is 5.32 Å². The number of rotatable bonds is 9. The van der Waals surface area contributed by atoms with Gasteiger partial charge in [-0.3, -0.25) is 14.4 Å². The fourth-order valence-electron chi connectivity index (χ4n) is 5.17. The van der Waals surface area contributed by atoms with E-state index in [0.717, 1.165) is 20.9 Å². The highest BCUT2D eigenvalue weighted by Crippen LogP contribution is 2.29. The van der Waals surface area contributed by atoms with Gasteiger partial charge in [0.05, 0.1) is 16.6 Å². The van der Waals surface area contributed by atoms with Gasteiger partial charge in [0.2, 0.25) is 5.91 Å². The molecule has 0 radical (unpaired) electrons. The Kier molecular flexibility index (Phi) is 9.39. The van der Waals surface area contributed by atoms with Gasteiger partial charge in [0, 0.05) is 29.1 Å². The molecule has 0 saturated carbocycles. The smallest absolute Gasteiger partial charge is 0.352 e. The van der Waals surface area contributed by atoms with Crippen molar-refractivity contribution >= 4 is 56.7 Å². The Balaban J connectivity index is 1.39. The van der Waals surface area contributed by atoms with Crippen LogP contribution in [0.5, 0.6) is 0 Å². The molecule has 11 heteroatoms. The number of anilines is 1. The summed E-state index contributed by atoms with van der Waals surface area (Å²) in [5, 5.41) is 10.9. The van der Waals surface area contributed by atoms with Gasteiger partial charge in [-0.15, -0.1) is 0 Å². The number of aromatic nitrogens is 1. The van der Waals surface area contributed by atoms with Gasteiger partial charge in [-0.05, 0) is 71.3 Å². The van der Waals surface area contributed by atoms with E-state index in [9.17, 15) is 27.6 Å². The normalized spacial score (nSPS) is 12.3. The van der Waals surface area contributed by atoms with E-state index in [1.54, 1.807) is 39.0 Å². The third-order valence-electron chi connectivity index (χ3n) is 7.62. The van der Waals surface area contributed by atoms with Crippen LogP contribution in [-0.2, 0) is 17.9 Å². The second-order valence-corrected chi connectivity index (χ2v) is 11.9. The molecule has 1 atom stereocenters. The third-order valence-corrected chi connectivity index (χ3v) is 7.95. The molecule has 3 amide bonds. The van der Waals surface area contributed by atoms with Crippen molar-refractivity contribution in [3.63, 3.8) is 0 Å². The lowest BCUT2D eigenvalue weighted by Crippen LogP contribution is -2.30. The maximum Gasteiger partial charge on any atom is 0.406 e. The molecule has 46 heavy (non-hydrogen) atoms. The molecule has 5 aromatic rings. The van der Waals surface area contributed by atoms with Gasteiger partial charge >= 0.3 is 6.18 Å². The predicted molar refractivity (Wildman–Crippen MR) is 174 cm³/mol. The average molecular weight is 649 g/mol. The van der Waals surface area contributed by atoms with Crippen LogP contribution in [0.4, 0.5) is 18.9 Å². The number of amides is 3. The maximum atomic E-state index is 13.7. The Bertz CT molecular complexity index is 1950. The van der Waals surface area contributed by atoms with Crippen LogP contribution in [0, 0.1) is 5.92 Å². The van der Waals surface area contributed by atoms with Gasteiger partial charge in [-0.1, -0.05) is 67.9 Å². The molecule has 0 spiro atoms. The summed E-state index contributed by atoms with van der Waals surface area (Å²) < 4.78 is 41.9. The molecule has 0 saturated heterocycles. The van der Waals surface area contributed by atoms with Gasteiger partial charge in [0.1, 0.15) is 12.2 Å². The summed E-state index contributed by atoms with van der Waals surface area (Å²) in [4.78, 5) is 38.5. The summed E-state index contributed by atoms with van der Waals surface area (Å²) in [6.07, 6.45) is -4.59. The number of hydrogen-bond acceptors (Lipinski definition) is 3. The third kappa shape index (κ3) is 7.51. The minimum absolute atomic E-state index is 0.136. The molecule has 3 N–H and O–H groups in total. The van der Waals surface area contributed by atoms with Gasteiger partial charge in [-0.2, -0.15) is 13.2 Å². The van der Waals surface area contributed by atoms with Gasteiger partial charge < -0.3 is 20.5 Å². The summed E-state index contributed by atoms with van der Waals surface area (Å²) in [6, 6.07) is 23.6. The van der Waals surface area contributed by atoms with Crippen molar-refractivity contribution in [1.29, 1.82) is 0 Å². The number of carbonyl (C=O) groups excluding carboxylic acids is 3. The molecule has 238 valence electrons. The van der Waals surface area contributed by atoms with Crippen molar-refractivity contribution in [2.24, 2.45) is 5.92 Å². The van der Waals surface area contributed by atoms with E-state index in [2.05, 4.69) is 16.0 Å². The Morgan fingerprint density at radius 3 is 2.28 bits per heavy atom. The van der Waals surface area contributed by atoms with Crippen LogP contribution < -0.4 is 16.0 Å². The molecule has 4 aromatic carbocycles. The molecule has 0 aliphatic rings. The topological polar surface area (TPSA) is 92.2 Å². The minimum atomic E-state index is -4.59. The van der Waals surface area contributed by atoms with Crippen LogP contribution in [0.3, 0.4) is 0 Å². The molecule has 7 nitrogen and oxygen atoms in total. The number of fused-ring (bicyclic) bond motifs is 2. The largest absolute Gasteiger partial charge is 0.406 e. The highest BCUT2D eigenvalue weighted by atomic mass is 35.5. The molecule has 1 heterocycles. The monoisotopic (exact) mass is 648 g/mol. The Morgan fingerprint density at radius 1 is 0.826 bits per heavy atom. The van der Waals surface area contributed by atoms with Crippen LogP contribution in [0.1, 0.15) is 58.8 Å². The quantitative estimate of drug-likeness (QED) is 0.151. The first-order chi connectivity index (χ1) is 21.8. The number of nitrogens with one attached hydrogen (secondary N) is 3. The van der Waals surface area contributed by atoms with Gasteiger partial charge in [0.15, 0.2) is 0 Å². The molecule has 5 rings (SSSR count). The first-order valence-electron chi connectivity index (χ1n) is 14.7. The number of hydrogen-bond donors (Lipinski definition) is 3. The lowest BCUT2D eigenvalue weighted by Gasteiger charge is -2.17. The molecular formula is C35H32ClF3N4O3.